The molecule has 0 saturated carbocycles. The van der Waals surface area contributed by atoms with Crippen molar-refractivity contribution in [3.05, 3.63) is 51.8 Å². The summed E-state index contributed by atoms with van der Waals surface area (Å²) < 4.78 is 0. The van der Waals surface area contributed by atoms with E-state index < -0.39 is 0 Å². The van der Waals surface area contributed by atoms with E-state index in [1.165, 1.54) is 12.4 Å². The lowest BCUT2D eigenvalue weighted by atomic mass is 9.95. The van der Waals surface area contributed by atoms with Gasteiger partial charge in [-0.15, -0.1) is 0 Å². The molecule has 1 amide bonds. The highest BCUT2D eigenvalue weighted by molar-refractivity contribution is 6.30. The first-order valence-electron chi connectivity index (χ1n) is 8.28. The Balaban J connectivity index is 1.49. The van der Waals surface area contributed by atoms with Crippen molar-refractivity contribution >= 4 is 23.3 Å². The molecule has 0 spiro atoms. The van der Waals surface area contributed by atoms with E-state index in [4.69, 9.17) is 11.6 Å². The largest absolute Gasteiger partial charge is 0.326 e. The van der Waals surface area contributed by atoms with Gasteiger partial charge in [-0.05, 0) is 31.5 Å². The van der Waals surface area contributed by atoms with Crippen LogP contribution in [0, 0.1) is 0 Å². The third-order valence-corrected chi connectivity index (χ3v) is 4.49. The van der Waals surface area contributed by atoms with Gasteiger partial charge < -0.3 is 15.2 Å². The second kappa shape index (κ2) is 8.22. The number of H-pyrrole nitrogens is 1. The molecular formula is C17H20ClN5O2. The summed E-state index contributed by atoms with van der Waals surface area (Å²) in [6, 6.07) is 3.37. The number of hydrogen-bond donors (Lipinski definition) is 2. The number of carbonyl (C=O) groups excluding carboxylic acids is 1. The summed E-state index contributed by atoms with van der Waals surface area (Å²) in [5.74, 6) is 0.717. The number of rotatable bonds is 5. The molecule has 1 fully saturated rings. The number of piperidine rings is 1. The fourth-order valence-electron chi connectivity index (χ4n) is 2.99. The third-order valence-electron chi connectivity index (χ3n) is 4.27. The van der Waals surface area contributed by atoms with Gasteiger partial charge in [-0.3, -0.25) is 14.6 Å². The predicted octanol–water partition coefficient (Wildman–Crippen LogP) is 2.03. The Morgan fingerprint density at radius 1 is 1.36 bits per heavy atom. The zero-order valence-electron chi connectivity index (χ0n) is 13.7. The van der Waals surface area contributed by atoms with Gasteiger partial charge >= 0.3 is 0 Å². The van der Waals surface area contributed by atoms with Crippen LogP contribution < -0.4 is 10.9 Å². The summed E-state index contributed by atoms with van der Waals surface area (Å²) >= 11 is 5.78. The van der Waals surface area contributed by atoms with Crippen LogP contribution in [0.1, 0.15) is 30.9 Å². The average Bonchev–Trinajstić information content (AvgIpc) is 2.63. The van der Waals surface area contributed by atoms with Crippen molar-refractivity contribution < 1.29 is 4.79 Å². The van der Waals surface area contributed by atoms with Gasteiger partial charge in [-0.2, -0.15) is 0 Å². The Bertz CT molecular complexity index is 757. The lowest BCUT2D eigenvalue weighted by Crippen LogP contribution is -2.36. The molecule has 7 nitrogen and oxygen atoms in total. The van der Waals surface area contributed by atoms with Crippen LogP contribution in [0.2, 0.25) is 5.02 Å². The van der Waals surface area contributed by atoms with Gasteiger partial charge in [0, 0.05) is 37.8 Å². The van der Waals surface area contributed by atoms with Crippen LogP contribution in [0.5, 0.6) is 0 Å². The molecule has 1 aliphatic rings. The second-order valence-corrected chi connectivity index (χ2v) is 6.57. The van der Waals surface area contributed by atoms with E-state index in [9.17, 15) is 9.59 Å². The number of nitrogens with one attached hydrogen (secondary N) is 2. The van der Waals surface area contributed by atoms with Crippen LogP contribution in [0.4, 0.5) is 5.82 Å². The van der Waals surface area contributed by atoms with Crippen molar-refractivity contribution in [2.45, 2.75) is 25.2 Å². The first kappa shape index (κ1) is 17.6. The van der Waals surface area contributed by atoms with Gasteiger partial charge in [0.25, 0.3) is 5.56 Å². The average molecular weight is 362 g/mol. The molecule has 2 aromatic rings. The molecule has 2 N–H and O–H groups in total. The second-order valence-electron chi connectivity index (χ2n) is 6.14. The number of nitrogens with zero attached hydrogens (tertiary/aromatic N) is 3. The molecule has 1 aliphatic heterocycles. The molecular weight excluding hydrogens is 342 g/mol. The highest BCUT2D eigenvalue weighted by atomic mass is 35.5. The van der Waals surface area contributed by atoms with E-state index >= 15 is 0 Å². The lowest BCUT2D eigenvalue weighted by Gasteiger charge is -2.32. The highest BCUT2D eigenvalue weighted by Crippen LogP contribution is 2.24. The number of anilines is 1. The number of likely N-dealkylation sites (tertiary alicyclic amines) is 1. The number of aromatic amines is 1. The molecule has 1 unspecified atom stereocenters. The van der Waals surface area contributed by atoms with Crippen molar-refractivity contribution in [2.24, 2.45) is 0 Å². The minimum Gasteiger partial charge on any atom is -0.326 e. The highest BCUT2D eigenvalue weighted by Gasteiger charge is 2.22. The summed E-state index contributed by atoms with van der Waals surface area (Å²) in [6.07, 6.45) is 7.00. The Kier molecular flexibility index (Phi) is 5.78. The Morgan fingerprint density at radius 2 is 2.24 bits per heavy atom. The molecule has 1 saturated heterocycles. The molecule has 8 heteroatoms. The summed E-state index contributed by atoms with van der Waals surface area (Å²) in [7, 11) is 0. The molecule has 3 heterocycles. The number of carbonyl (C=O) groups is 1. The maximum Gasteiger partial charge on any atom is 0.266 e. The third kappa shape index (κ3) is 5.11. The van der Waals surface area contributed by atoms with Gasteiger partial charge in [0.1, 0.15) is 5.82 Å². The van der Waals surface area contributed by atoms with Gasteiger partial charge in [0.15, 0.2) is 0 Å². The molecule has 3 rings (SSSR count). The quantitative estimate of drug-likeness (QED) is 0.850. The van der Waals surface area contributed by atoms with Crippen LogP contribution >= 0.6 is 11.6 Å². The van der Waals surface area contributed by atoms with Crippen LogP contribution in [-0.2, 0) is 4.79 Å². The molecule has 25 heavy (non-hydrogen) atoms. The summed E-state index contributed by atoms with van der Waals surface area (Å²) in [5, 5.41) is 3.31. The Morgan fingerprint density at radius 3 is 2.96 bits per heavy atom. The molecule has 1 atom stereocenters. The maximum atomic E-state index is 12.1. The van der Waals surface area contributed by atoms with E-state index in [2.05, 4.69) is 25.2 Å². The SMILES string of the molecule is O=C(CCN1CCCC(c2c[nH]c(=O)cn2)C1)Nc1ccc(Cl)cn1. The standard InChI is InChI=1S/C17H20ClN5O2/c18-13-3-4-15(20-8-13)22-16(24)5-7-23-6-1-2-12(11-23)14-9-21-17(25)10-19-14/h3-4,8-10,12H,1-2,5-7,11H2,(H,21,25)(H,20,22,24). The number of aromatic nitrogens is 3. The minimum absolute atomic E-state index is 0.0703. The number of halogens is 1. The van der Waals surface area contributed by atoms with Gasteiger partial charge in [-0.25, -0.2) is 4.98 Å². The topological polar surface area (TPSA) is 91.0 Å². The molecule has 0 radical (unpaired) electrons. The van der Waals surface area contributed by atoms with Crippen molar-refractivity contribution in [3.8, 4) is 0 Å². The molecule has 0 aliphatic carbocycles. The number of pyridine rings is 1. The van der Waals surface area contributed by atoms with Crippen LogP contribution in [0.15, 0.2) is 35.5 Å². The fourth-order valence-corrected chi connectivity index (χ4v) is 3.10. The minimum atomic E-state index is -0.191. The Hall–Kier alpha value is -2.25. The van der Waals surface area contributed by atoms with Crippen molar-refractivity contribution in [3.63, 3.8) is 0 Å². The van der Waals surface area contributed by atoms with E-state index in [1.54, 1.807) is 18.3 Å². The van der Waals surface area contributed by atoms with Crippen LogP contribution in [0.25, 0.3) is 0 Å². The molecule has 0 aromatic carbocycles. The first-order chi connectivity index (χ1) is 12.1. The van der Waals surface area contributed by atoms with Crippen LogP contribution in [0.3, 0.4) is 0 Å². The normalized spacial score (nSPS) is 18.0. The van der Waals surface area contributed by atoms with Gasteiger partial charge in [0.05, 0.1) is 16.9 Å². The zero-order chi connectivity index (χ0) is 17.6. The van der Waals surface area contributed by atoms with E-state index in [-0.39, 0.29) is 17.4 Å². The first-order valence-corrected chi connectivity index (χ1v) is 8.66. The fraction of sp³-hybridized carbons (Fsp3) is 0.412. The summed E-state index contributed by atoms with van der Waals surface area (Å²) in [5.41, 5.74) is 0.711. The predicted molar refractivity (Wildman–Crippen MR) is 95.8 cm³/mol. The number of amides is 1. The van der Waals surface area contributed by atoms with Crippen molar-refractivity contribution in [1.29, 1.82) is 0 Å². The molecule has 132 valence electrons. The lowest BCUT2D eigenvalue weighted by molar-refractivity contribution is -0.116. The van der Waals surface area contributed by atoms with Crippen molar-refractivity contribution in [1.82, 2.24) is 19.9 Å². The summed E-state index contributed by atoms with van der Waals surface area (Å²) in [6.45, 7) is 2.48. The van der Waals surface area contributed by atoms with Gasteiger partial charge in [0.2, 0.25) is 5.91 Å². The smallest absolute Gasteiger partial charge is 0.266 e. The van der Waals surface area contributed by atoms with E-state index in [0.717, 1.165) is 31.6 Å². The summed E-state index contributed by atoms with van der Waals surface area (Å²) in [4.78, 5) is 36.4. The monoisotopic (exact) mass is 361 g/mol. The number of hydrogen-bond acceptors (Lipinski definition) is 5. The Labute approximate surface area is 150 Å². The molecule has 0 bridgehead atoms. The molecule has 2 aromatic heterocycles. The van der Waals surface area contributed by atoms with Gasteiger partial charge in [-0.1, -0.05) is 11.6 Å². The van der Waals surface area contributed by atoms with Crippen molar-refractivity contribution in [2.75, 3.05) is 25.0 Å². The van der Waals surface area contributed by atoms with E-state index in [0.29, 0.717) is 23.8 Å². The maximum absolute atomic E-state index is 12.1. The zero-order valence-corrected chi connectivity index (χ0v) is 14.5. The van der Waals surface area contributed by atoms with Crippen LogP contribution in [-0.4, -0.2) is 45.4 Å². The van der Waals surface area contributed by atoms with E-state index in [1.807, 2.05) is 0 Å².